The topological polar surface area (TPSA) is 81.7 Å². The molecule has 7 nitrogen and oxygen atoms in total. The van der Waals surface area contributed by atoms with Crippen molar-refractivity contribution in [1.82, 2.24) is 4.98 Å². The molecule has 3 aromatic rings. The lowest BCUT2D eigenvalue weighted by Crippen LogP contribution is -2.13. The number of anilines is 3. The van der Waals surface area contributed by atoms with E-state index >= 15 is 0 Å². The van der Waals surface area contributed by atoms with E-state index in [9.17, 15) is 4.79 Å². The maximum absolute atomic E-state index is 12.4. The van der Waals surface area contributed by atoms with Gasteiger partial charge in [-0.15, -0.1) is 0 Å². The molecule has 0 saturated carbocycles. The third-order valence-electron chi connectivity index (χ3n) is 4.26. The molecule has 0 aliphatic carbocycles. The molecule has 0 atom stereocenters. The summed E-state index contributed by atoms with van der Waals surface area (Å²) in [6.45, 7) is 1.99. The van der Waals surface area contributed by atoms with Gasteiger partial charge in [-0.3, -0.25) is 4.79 Å². The van der Waals surface area contributed by atoms with Crippen LogP contribution in [0.4, 0.5) is 17.1 Å². The van der Waals surface area contributed by atoms with Crippen LogP contribution in [0.1, 0.15) is 16.1 Å². The van der Waals surface area contributed by atoms with Gasteiger partial charge in [0.05, 0.1) is 33.2 Å². The van der Waals surface area contributed by atoms with Crippen LogP contribution in [0, 0.1) is 6.92 Å². The Kier molecular flexibility index (Phi) is 6.19. The Morgan fingerprint density at radius 2 is 1.45 bits per heavy atom. The Labute approximate surface area is 169 Å². The first-order valence-corrected chi connectivity index (χ1v) is 8.95. The maximum Gasteiger partial charge on any atom is 0.274 e. The number of nitrogens with one attached hydrogen (secondary N) is 2. The van der Waals surface area contributed by atoms with Crippen molar-refractivity contribution in [2.75, 3.05) is 32.0 Å². The molecule has 0 unspecified atom stereocenters. The smallest absolute Gasteiger partial charge is 0.274 e. The van der Waals surface area contributed by atoms with Gasteiger partial charge in [0.1, 0.15) is 5.69 Å². The summed E-state index contributed by atoms with van der Waals surface area (Å²) in [6.07, 6.45) is 1.59. The number of nitrogens with zero attached hydrogens (tertiary/aromatic N) is 1. The van der Waals surface area contributed by atoms with Crippen molar-refractivity contribution in [1.29, 1.82) is 0 Å². The van der Waals surface area contributed by atoms with Crippen molar-refractivity contribution in [2.24, 2.45) is 0 Å². The zero-order valence-electron chi connectivity index (χ0n) is 16.8. The number of methoxy groups -OCH3 is 3. The van der Waals surface area contributed by atoms with Crippen LogP contribution in [0.5, 0.6) is 17.2 Å². The molecule has 0 aliphatic rings. The molecule has 0 bridgehead atoms. The summed E-state index contributed by atoms with van der Waals surface area (Å²) in [5.41, 5.74) is 3.62. The summed E-state index contributed by atoms with van der Waals surface area (Å²) in [5, 5.41) is 6.05. The van der Waals surface area contributed by atoms with Gasteiger partial charge in [0.15, 0.2) is 11.5 Å². The van der Waals surface area contributed by atoms with Gasteiger partial charge < -0.3 is 24.8 Å². The molecule has 0 spiro atoms. The SMILES string of the molecule is COc1cc(Nc2ccc(C(=O)Nc3ccc(C)cc3)nc2)cc(OC)c1OC. The second-order valence-electron chi connectivity index (χ2n) is 6.29. The van der Waals surface area contributed by atoms with Crippen LogP contribution in [0.2, 0.25) is 0 Å². The molecular formula is C22H23N3O4. The quantitative estimate of drug-likeness (QED) is 0.619. The Balaban J connectivity index is 1.73. The van der Waals surface area contributed by atoms with Gasteiger partial charge >= 0.3 is 0 Å². The second-order valence-corrected chi connectivity index (χ2v) is 6.29. The van der Waals surface area contributed by atoms with E-state index in [2.05, 4.69) is 15.6 Å². The number of ether oxygens (including phenoxy) is 3. The van der Waals surface area contributed by atoms with Crippen LogP contribution >= 0.6 is 0 Å². The summed E-state index contributed by atoms with van der Waals surface area (Å²) >= 11 is 0. The van der Waals surface area contributed by atoms with E-state index in [1.54, 1.807) is 51.8 Å². The lowest BCUT2D eigenvalue weighted by Gasteiger charge is -2.15. The number of amides is 1. The third kappa shape index (κ3) is 4.76. The minimum absolute atomic E-state index is 0.270. The van der Waals surface area contributed by atoms with Crippen LogP contribution in [0.15, 0.2) is 54.7 Å². The highest BCUT2D eigenvalue weighted by molar-refractivity contribution is 6.03. The van der Waals surface area contributed by atoms with Crippen molar-refractivity contribution in [2.45, 2.75) is 6.92 Å². The first-order chi connectivity index (χ1) is 14.0. The number of carbonyl (C=O) groups excluding carboxylic acids is 1. The molecule has 2 N–H and O–H groups in total. The zero-order chi connectivity index (χ0) is 20.8. The Bertz CT molecular complexity index is 961. The molecule has 0 saturated heterocycles. The molecule has 7 heteroatoms. The van der Waals surface area contributed by atoms with E-state index in [0.717, 1.165) is 16.9 Å². The summed E-state index contributed by atoms with van der Waals surface area (Å²) in [7, 11) is 4.67. The van der Waals surface area contributed by atoms with Gasteiger partial charge in [-0.05, 0) is 31.2 Å². The van der Waals surface area contributed by atoms with E-state index in [1.165, 1.54) is 0 Å². The van der Waals surface area contributed by atoms with Crippen molar-refractivity contribution in [3.63, 3.8) is 0 Å². The minimum Gasteiger partial charge on any atom is -0.493 e. The predicted molar refractivity (Wildman–Crippen MR) is 113 cm³/mol. The number of pyridine rings is 1. The number of aryl methyl sites for hydroxylation is 1. The molecule has 1 aromatic heterocycles. The first-order valence-electron chi connectivity index (χ1n) is 8.95. The molecule has 2 aromatic carbocycles. The van der Waals surface area contributed by atoms with Crippen LogP contribution in [0.25, 0.3) is 0 Å². The molecule has 0 aliphatic heterocycles. The van der Waals surface area contributed by atoms with Gasteiger partial charge in [-0.25, -0.2) is 4.98 Å². The Morgan fingerprint density at radius 3 is 1.97 bits per heavy atom. The fourth-order valence-electron chi connectivity index (χ4n) is 2.75. The highest BCUT2D eigenvalue weighted by atomic mass is 16.5. The van der Waals surface area contributed by atoms with Crippen LogP contribution in [-0.2, 0) is 0 Å². The van der Waals surface area contributed by atoms with E-state index in [1.807, 2.05) is 31.2 Å². The second kappa shape index (κ2) is 8.97. The average Bonchev–Trinajstić information content (AvgIpc) is 2.75. The zero-order valence-corrected chi connectivity index (χ0v) is 16.8. The van der Waals surface area contributed by atoms with Crippen molar-refractivity contribution < 1.29 is 19.0 Å². The molecule has 29 heavy (non-hydrogen) atoms. The van der Waals surface area contributed by atoms with Crippen LogP contribution in [-0.4, -0.2) is 32.2 Å². The molecular weight excluding hydrogens is 370 g/mol. The van der Waals surface area contributed by atoms with Gasteiger partial charge in [-0.2, -0.15) is 0 Å². The standard InChI is InChI=1S/C22H23N3O4/c1-14-5-7-15(8-6-14)25-22(26)18-10-9-16(13-23-18)24-17-11-19(27-2)21(29-4)20(12-17)28-3/h5-13,24H,1-4H3,(H,25,26). The van der Waals surface area contributed by atoms with Crippen molar-refractivity contribution in [3.8, 4) is 17.2 Å². The number of rotatable bonds is 7. The van der Waals surface area contributed by atoms with E-state index in [-0.39, 0.29) is 5.91 Å². The fraction of sp³-hybridized carbons (Fsp3) is 0.182. The third-order valence-corrected chi connectivity index (χ3v) is 4.26. The largest absolute Gasteiger partial charge is 0.493 e. The average molecular weight is 393 g/mol. The molecule has 0 fully saturated rings. The van der Waals surface area contributed by atoms with Gasteiger partial charge in [-0.1, -0.05) is 17.7 Å². The Morgan fingerprint density at radius 1 is 0.828 bits per heavy atom. The number of hydrogen-bond donors (Lipinski definition) is 2. The highest BCUT2D eigenvalue weighted by Gasteiger charge is 2.14. The predicted octanol–water partition coefficient (Wildman–Crippen LogP) is 4.41. The monoisotopic (exact) mass is 393 g/mol. The minimum atomic E-state index is -0.270. The molecule has 0 radical (unpaired) electrons. The van der Waals surface area contributed by atoms with Crippen LogP contribution < -0.4 is 24.8 Å². The molecule has 3 rings (SSSR count). The van der Waals surface area contributed by atoms with Crippen LogP contribution in [0.3, 0.4) is 0 Å². The van der Waals surface area contributed by atoms with Gasteiger partial charge in [0, 0.05) is 23.5 Å². The normalized spacial score (nSPS) is 10.2. The molecule has 1 heterocycles. The Hall–Kier alpha value is -3.74. The number of carbonyl (C=O) groups is 1. The van der Waals surface area contributed by atoms with E-state index < -0.39 is 0 Å². The van der Waals surface area contributed by atoms with E-state index in [4.69, 9.17) is 14.2 Å². The van der Waals surface area contributed by atoms with Crippen molar-refractivity contribution in [3.05, 3.63) is 66.0 Å². The molecule has 1 amide bonds. The summed E-state index contributed by atoms with van der Waals surface area (Å²) in [4.78, 5) is 16.6. The summed E-state index contributed by atoms with van der Waals surface area (Å²) in [6, 6.07) is 14.6. The first kappa shape index (κ1) is 20.0. The van der Waals surface area contributed by atoms with Gasteiger partial charge in [0.2, 0.25) is 5.75 Å². The highest BCUT2D eigenvalue weighted by Crippen LogP contribution is 2.40. The lowest BCUT2D eigenvalue weighted by atomic mass is 10.2. The number of aromatic nitrogens is 1. The summed E-state index contributed by atoms with van der Waals surface area (Å²) < 4.78 is 16.0. The maximum atomic E-state index is 12.4. The molecule has 150 valence electrons. The van der Waals surface area contributed by atoms with Gasteiger partial charge in [0.25, 0.3) is 5.91 Å². The number of benzene rings is 2. The van der Waals surface area contributed by atoms with E-state index in [0.29, 0.717) is 28.6 Å². The summed E-state index contributed by atoms with van der Waals surface area (Å²) in [5.74, 6) is 1.32. The fourth-order valence-corrected chi connectivity index (χ4v) is 2.75. The van der Waals surface area contributed by atoms with Crippen molar-refractivity contribution >= 4 is 23.0 Å². The number of hydrogen-bond acceptors (Lipinski definition) is 6. The lowest BCUT2D eigenvalue weighted by molar-refractivity contribution is 0.102.